The predicted molar refractivity (Wildman–Crippen MR) is 105 cm³/mol. The lowest BCUT2D eigenvalue weighted by atomic mass is 10.1. The second-order valence-corrected chi connectivity index (χ2v) is 7.86. The summed E-state index contributed by atoms with van der Waals surface area (Å²) in [5, 5.41) is 7.65. The molecule has 1 saturated carbocycles. The molecule has 1 aliphatic carbocycles. The van der Waals surface area contributed by atoms with Crippen LogP contribution in [0.1, 0.15) is 56.5 Å². The van der Waals surface area contributed by atoms with Crippen LogP contribution in [-0.4, -0.2) is 37.6 Å². The standard InChI is InChI=1S/C21H29N5O2/c1-2-19(24-9-5-6-10-24)21(28)25-11-12-26-18(15-25)13-17(23-26)14-22-20(27)16-7-3-4-8-16/h5-6,9-10,13,16,19H,2-4,7-8,11-12,14-15H2,1H3,(H,22,27)/t19-/m0/s1. The first-order chi connectivity index (χ1) is 13.7. The minimum atomic E-state index is -0.158. The number of amides is 2. The van der Waals surface area contributed by atoms with Gasteiger partial charge in [-0.1, -0.05) is 19.8 Å². The fraction of sp³-hybridized carbons (Fsp3) is 0.571. The summed E-state index contributed by atoms with van der Waals surface area (Å²) in [7, 11) is 0. The third-order valence-electron chi connectivity index (χ3n) is 5.99. The van der Waals surface area contributed by atoms with Crippen molar-refractivity contribution in [3.8, 4) is 0 Å². The second-order valence-electron chi connectivity index (χ2n) is 7.86. The first kappa shape index (κ1) is 18.8. The van der Waals surface area contributed by atoms with Crippen LogP contribution in [-0.2, 0) is 29.2 Å². The Balaban J connectivity index is 1.37. The highest BCUT2D eigenvalue weighted by molar-refractivity contribution is 5.80. The van der Waals surface area contributed by atoms with Crippen molar-refractivity contribution in [2.24, 2.45) is 5.92 Å². The molecule has 1 N–H and O–H groups in total. The molecule has 150 valence electrons. The van der Waals surface area contributed by atoms with Gasteiger partial charge in [-0.05, 0) is 37.5 Å². The SMILES string of the molecule is CC[C@@H](C(=O)N1CCn2nc(CNC(=O)C3CCCC3)cc2C1)n1cccc1. The van der Waals surface area contributed by atoms with E-state index < -0.39 is 0 Å². The van der Waals surface area contributed by atoms with E-state index in [2.05, 4.69) is 10.4 Å². The Morgan fingerprint density at radius 1 is 1.21 bits per heavy atom. The molecule has 0 spiro atoms. The zero-order valence-electron chi connectivity index (χ0n) is 16.5. The fourth-order valence-corrected chi connectivity index (χ4v) is 4.39. The van der Waals surface area contributed by atoms with Crippen LogP contribution in [0.4, 0.5) is 0 Å². The molecular formula is C21H29N5O2. The monoisotopic (exact) mass is 383 g/mol. The normalized spacial score (nSPS) is 18.1. The van der Waals surface area contributed by atoms with Crippen LogP contribution in [0.5, 0.6) is 0 Å². The Morgan fingerprint density at radius 2 is 1.96 bits per heavy atom. The highest BCUT2D eigenvalue weighted by Crippen LogP contribution is 2.25. The van der Waals surface area contributed by atoms with Crippen molar-refractivity contribution in [2.75, 3.05) is 6.54 Å². The number of hydrogen-bond donors (Lipinski definition) is 1. The van der Waals surface area contributed by atoms with Crippen molar-refractivity contribution >= 4 is 11.8 Å². The Bertz CT molecular complexity index is 820. The Hall–Kier alpha value is -2.57. The maximum Gasteiger partial charge on any atom is 0.246 e. The molecule has 7 heteroatoms. The van der Waals surface area contributed by atoms with E-state index in [4.69, 9.17) is 0 Å². The van der Waals surface area contributed by atoms with Gasteiger partial charge in [-0.15, -0.1) is 0 Å². The predicted octanol–water partition coefficient (Wildman–Crippen LogP) is 2.48. The zero-order chi connectivity index (χ0) is 19.5. The van der Waals surface area contributed by atoms with Gasteiger partial charge < -0.3 is 14.8 Å². The van der Waals surface area contributed by atoms with Crippen LogP contribution < -0.4 is 5.32 Å². The lowest BCUT2D eigenvalue weighted by molar-refractivity contribution is -0.136. The third-order valence-corrected chi connectivity index (χ3v) is 5.99. The molecule has 2 aromatic heterocycles. The number of fused-ring (bicyclic) bond motifs is 1. The number of nitrogens with zero attached hydrogens (tertiary/aromatic N) is 4. The molecule has 4 rings (SSSR count). The first-order valence-electron chi connectivity index (χ1n) is 10.4. The van der Waals surface area contributed by atoms with Crippen molar-refractivity contribution in [1.29, 1.82) is 0 Å². The minimum Gasteiger partial charge on any atom is -0.350 e. The van der Waals surface area contributed by atoms with Crippen molar-refractivity contribution in [3.63, 3.8) is 0 Å². The Morgan fingerprint density at radius 3 is 2.68 bits per heavy atom. The summed E-state index contributed by atoms with van der Waals surface area (Å²) in [5.41, 5.74) is 1.90. The number of hydrogen-bond acceptors (Lipinski definition) is 3. The summed E-state index contributed by atoms with van der Waals surface area (Å²) in [4.78, 5) is 27.2. The molecule has 7 nitrogen and oxygen atoms in total. The van der Waals surface area contributed by atoms with Crippen LogP contribution in [0.2, 0.25) is 0 Å². The summed E-state index contributed by atoms with van der Waals surface area (Å²) in [6.45, 7) is 4.44. The number of aromatic nitrogens is 3. The van der Waals surface area contributed by atoms with E-state index >= 15 is 0 Å². The molecule has 2 aromatic rings. The van der Waals surface area contributed by atoms with Crippen LogP contribution >= 0.6 is 0 Å². The quantitative estimate of drug-likeness (QED) is 0.833. The molecule has 3 heterocycles. The zero-order valence-corrected chi connectivity index (χ0v) is 16.5. The number of nitrogens with one attached hydrogen (secondary N) is 1. The molecule has 2 amide bonds. The average molecular weight is 383 g/mol. The molecule has 0 radical (unpaired) electrons. The number of carbonyl (C=O) groups excluding carboxylic acids is 2. The topological polar surface area (TPSA) is 72.2 Å². The van der Waals surface area contributed by atoms with Gasteiger partial charge in [0.1, 0.15) is 6.04 Å². The largest absolute Gasteiger partial charge is 0.350 e. The van der Waals surface area contributed by atoms with E-state index in [1.54, 1.807) is 0 Å². The Kier molecular flexibility index (Phi) is 5.50. The molecule has 0 aromatic carbocycles. The van der Waals surface area contributed by atoms with Crippen LogP contribution in [0, 0.1) is 5.92 Å². The van der Waals surface area contributed by atoms with Crippen molar-refractivity contribution in [2.45, 2.75) is 64.7 Å². The van der Waals surface area contributed by atoms with E-state index in [0.717, 1.165) is 43.5 Å². The van der Waals surface area contributed by atoms with Gasteiger partial charge >= 0.3 is 0 Å². The summed E-state index contributed by atoms with van der Waals surface area (Å²) in [6.07, 6.45) is 8.98. The van der Waals surface area contributed by atoms with E-state index in [9.17, 15) is 9.59 Å². The lowest BCUT2D eigenvalue weighted by Gasteiger charge is -2.31. The Labute approximate surface area is 165 Å². The van der Waals surface area contributed by atoms with E-state index in [1.807, 2.05) is 51.7 Å². The van der Waals surface area contributed by atoms with Crippen molar-refractivity contribution in [1.82, 2.24) is 24.6 Å². The molecule has 2 aliphatic rings. The van der Waals surface area contributed by atoms with Gasteiger partial charge in [-0.2, -0.15) is 5.10 Å². The molecule has 1 fully saturated rings. The molecule has 0 saturated heterocycles. The van der Waals surface area contributed by atoms with E-state index in [1.165, 1.54) is 0 Å². The number of rotatable bonds is 6. The van der Waals surface area contributed by atoms with Gasteiger partial charge in [-0.25, -0.2) is 0 Å². The van der Waals surface area contributed by atoms with E-state index in [-0.39, 0.29) is 23.8 Å². The summed E-state index contributed by atoms with van der Waals surface area (Å²) in [5.74, 6) is 0.477. The molecule has 0 unspecified atom stereocenters. The highest BCUT2D eigenvalue weighted by Gasteiger charge is 2.28. The summed E-state index contributed by atoms with van der Waals surface area (Å²) >= 11 is 0. The van der Waals surface area contributed by atoms with Gasteiger partial charge in [-0.3, -0.25) is 14.3 Å². The maximum absolute atomic E-state index is 13.0. The van der Waals surface area contributed by atoms with Gasteiger partial charge in [0, 0.05) is 24.9 Å². The van der Waals surface area contributed by atoms with Gasteiger partial charge in [0.2, 0.25) is 11.8 Å². The van der Waals surface area contributed by atoms with E-state index in [0.29, 0.717) is 26.2 Å². The van der Waals surface area contributed by atoms with Crippen molar-refractivity contribution < 1.29 is 9.59 Å². The first-order valence-corrected chi connectivity index (χ1v) is 10.4. The van der Waals surface area contributed by atoms with Crippen LogP contribution in [0.15, 0.2) is 30.6 Å². The summed E-state index contributed by atoms with van der Waals surface area (Å²) in [6, 6.07) is 5.76. The lowest BCUT2D eigenvalue weighted by Crippen LogP contribution is -2.42. The molecule has 1 aliphatic heterocycles. The smallest absolute Gasteiger partial charge is 0.246 e. The molecule has 28 heavy (non-hydrogen) atoms. The maximum atomic E-state index is 13.0. The van der Waals surface area contributed by atoms with Gasteiger partial charge in [0.05, 0.1) is 31.0 Å². The summed E-state index contributed by atoms with van der Waals surface area (Å²) < 4.78 is 3.95. The minimum absolute atomic E-state index is 0.151. The third kappa shape index (κ3) is 3.84. The van der Waals surface area contributed by atoms with Gasteiger partial charge in [0.15, 0.2) is 0 Å². The molecule has 0 bridgehead atoms. The highest BCUT2D eigenvalue weighted by atomic mass is 16.2. The van der Waals surface area contributed by atoms with Crippen LogP contribution in [0.3, 0.4) is 0 Å². The van der Waals surface area contributed by atoms with Crippen LogP contribution in [0.25, 0.3) is 0 Å². The fourth-order valence-electron chi connectivity index (χ4n) is 4.39. The second kappa shape index (κ2) is 8.20. The molecule has 1 atom stereocenters. The number of carbonyl (C=O) groups is 2. The van der Waals surface area contributed by atoms with Gasteiger partial charge in [0.25, 0.3) is 0 Å². The average Bonchev–Trinajstić information content (AvgIpc) is 3.47. The van der Waals surface area contributed by atoms with Crippen molar-refractivity contribution in [3.05, 3.63) is 42.0 Å². The molecular weight excluding hydrogens is 354 g/mol.